The van der Waals surface area contributed by atoms with E-state index in [0.717, 1.165) is 37.9 Å². The SMILES string of the molecule is CC1CN(c2ccc(C(C)(C)O)cc2F)CCN1c1cccc(C(=O)NC2C3CC4CC2CC(O)(C4)C3)n1. The predicted octanol–water partition coefficient (Wildman–Crippen LogP) is 3.83. The van der Waals surface area contributed by atoms with Crippen LogP contribution in [0, 0.1) is 23.6 Å². The van der Waals surface area contributed by atoms with Crippen molar-refractivity contribution in [3.05, 3.63) is 53.5 Å². The van der Waals surface area contributed by atoms with Crippen LogP contribution in [0.25, 0.3) is 0 Å². The number of benzene rings is 1. The van der Waals surface area contributed by atoms with Gasteiger partial charge >= 0.3 is 0 Å². The Bertz CT molecular complexity index is 1210. The topological polar surface area (TPSA) is 88.9 Å². The monoisotopic (exact) mass is 522 g/mol. The zero-order valence-electron chi connectivity index (χ0n) is 22.5. The molecule has 1 amide bonds. The quantitative estimate of drug-likeness (QED) is 0.553. The molecule has 0 spiro atoms. The number of piperazine rings is 1. The van der Waals surface area contributed by atoms with Gasteiger partial charge < -0.3 is 25.3 Å². The van der Waals surface area contributed by atoms with Gasteiger partial charge in [-0.2, -0.15) is 0 Å². The number of carbonyl (C=O) groups excluding carboxylic acids is 1. The Labute approximate surface area is 224 Å². The molecule has 2 heterocycles. The summed E-state index contributed by atoms with van der Waals surface area (Å²) < 4.78 is 14.9. The lowest BCUT2D eigenvalue weighted by Gasteiger charge is -2.58. The first kappa shape index (κ1) is 25.6. The van der Waals surface area contributed by atoms with Crippen LogP contribution in [0.4, 0.5) is 15.9 Å². The van der Waals surface area contributed by atoms with Gasteiger partial charge in [-0.3, -0.25) is 4.79 Å². The van der Waals surface area contributed by atoms with E-state index in [2.05, 4.69) is 17.1 Å². The van der Waals surface area contributed by atoms with E-state index in [-0.39, 0.29) is 23.8 Å². The van der Waals surface area contributed by atoms with Crippen LogP contribution in [0.15, 0.2) is 36.4 Å². The maximum atomic E-state index is 14.9. The zero-order valence-corrected chi connectivity index (χ0v) is 22.5. The minimum Gasteiger partial charge on any atom is -0.390 e. The van der Waals surface area contributed by atoms with Crippen molar-refractivity contribution in [1.82, 2.24) is 10.3 Å². The molecule has 1 aromatic heterocycles. The number of pyridine rings is 1. The van der Waals surface area contributed by atoms with Crippen LogP contribution in [0.1, 0.15) is 68.9 Å². The highest BCUT2D eigenvalue weighted by Gasteiger charge is 2.55. The van der Waals surface area contributed by atoms with Gasteiger partial charge in [-0.05, 0) is 100 Å². The molecular formula is C30H39FN4O3. The van der Waals surface area contributed by atoms with E-state index in [9.17, 15) is 19.4 Å². The fourth-order valence-corrected chi connectivity index (χ4v) is 7.81. The van der Waals surface area contributed by atoms with Crippen molar-refractivity contribution in [1.29, 1.82) is 0 Å². The number of nitrogens with zero attached hydrogens (tertiary/aromatic N) is 3. The molecule has 1 saturated heterocycles. The molecule has 0 radical (unpaired) electrons. The van der Waals surface area contributed by atoms with Crippen LogP contribution in [-0.2, 0) is 5.60 Å². The normalized spacial score (nSPS) is 32.5. The summed E-state index contributed by atoms with van der Waals surface area (Å²) in [5, 5.41) is 24.4. The molecule has 1 aliphatic heterocycles. The Morgan fingerprint density at radius 3 is 2.50 bits per heavy atom. The third-order valence-electron chi connectivity index (χ3n) is 9.42. The number of hydrogen-bond donors (Lipinski definition) is 3. The number of anilines is 2. The molecule has 3 unspecified atom stereocenters. The van der Waals surface area contributed by atoms with Crippen molar-refractivity contribution in [2.45, 2.75) is 76.2 Å². The summed E-state index contributed by atoms with van der Waals surface area (Å²) in [6.45, 7) is 7.28. The van der Waals surface area contributed by atoms with Crippen LogP contribution in [-0.4, -0.2) is 58.4 Å². The van der Waals surface area contributed by atoms with Crippen LogP contribution >= 0.6 is 0 Å². The summed E-state index contributed by atoms with van der Waals surface area (Å²) >= 11 is 0. The van der Waals surface area contributed by atoms with E-state index in [4.69, 9.17) is 4.98 Å². The zero-order chi connectivity index (χ0) is 26.8. The highest BCUT2D eigenvalue weighted by atomic mass is 19.1. The number of hydrogen-bond acceptors (Lipinski definition) is 6. The van der Waals surface area contributed by atoms with Crippen LogP contribution in [0.3, 0.4) is 0 Å². The van der Waals surface area contributed by atoms with Gasteiger partial charge in [0.05, 0.1) is 16.9 Å². The standard InChI is InChI=1S/C30H39FN4O3/c1-18-17-34(25-8-7-22(13-23(25)31)29(2,3)37)9-10-35(18)26-6-4-5-24(32-26)28(36)33-27-20-11-19-12-21(27)16-30(38,14-19)15-20/h4-8,13,18-21,27,37-38H,9-12,14-17H2,1-3H3,(H,33,36). The molecule has 3 N–H and O–H groups in total. The smallest absolute Gasteiger partial charge is 0.270 e. The van der Waals surface area contributed by atoms with Crippen molar-refractivity contribution in [3.8, 4) is 0 Å². The van der Waals surface area contributed by atoms with Crippen LogP contribution in [0.2, 0.25) is 0 Å². The molecule has 204 valence electrons. The van der Waals surface area contributed by atoms with Crippen molar-refractivity contribution >= 4 is 17.4 Å². The summed E-state index contributed by atoms with van der Waals surface area (Å²) in [5.74, 6) is 1.58. The Morgan fingerprint density at radius 2 is 1.87 bits per heavy atom. The molecule has 38 heavy (non-hydrogen) atoms. The van der Waals surface area contributed by atoms with E-state index < -0.39 is 11.2 Å². The number of rotatable bonds is 5. The van der Waals surface area contributed by atoms with Gasteiger partial charge in [0, 0.05) is 31.7 Å². The lowest BCUT2D eigenvalue weighted by Crippen LogP contribution is -2.61. The lowest BCUT2D eigenvalue weighted by atomic mass is 9.52. The number of carbonyl (C=O) groups is 1. The van der Waals surface area contributed by atoms with Crippen molar-refractivity contribution in [2.24, 2.45) is 17.8 Å². The van der Waals surface area contributed by atoms with Gasteiger partial charge in [0.15, 0.2) is 0 Å². The highest BCUT2D eigenvalue weighted by Crippen LogP contribution is 2.55. The first-order chi connectivity index (χ1) is 18.0. The summed E-state index contributed by atoms with van der Waals surface area (Å²) in [6, 6.07) is 10.7. The maximum absolute atomic E-state index is 14.9. The maximum Gasteiger partial charge on any atom is 0.270 e. The summed E-state index contributed by atoms with van der Waals surface area (Å²) in [4.78, 5) is 22.2. The van der Waals surface area contributed by atoms with E-state index in [1.54, 1.807) is 32.0 Å². The molecule has 7 nitrogen and oxygen atoms in total. The molecule has 7 rings (SSSR count). The lowest BCUT2D eigenvalue weighted by molar-refractivity contribution is -0.136. The van der Waals surface area contributed by atoms with Gasteiger partial charge in [0.25, 0.3) is 5.91 Å². The second-order valence-corrected chi connectivity index (χ2v) is 12.8. The number of aromatic nitrogens is 1. The minimum absolute atomic E-state index is 0.0630. The van der Waals surface area contributed by atoms with E-state index in [1.807, 2.05) is 17.0 Å². The molecule has 8 heteroatoms. The summed E-state index contributed by atoms with van der Waals surface area (Å²) in [7, 11) is 0. The summed E-state index contributed by atoms with van der Waals surface area (Å²) in [5.41, 5.74) is -0.113. The second-order valence-electron chi connectivity index (χ2n) is 12.8. The first-order valence-corrected chi connectivity index (χ1v) is 14.0. The molecule has 4 aliphatic carbocycles. The average Bonchev–Trinajstić information content (AvgIpc) is 2.84. The summed E-state index contributed by atoms with van der Waals surface area (Å²) in [6.07, 6.45) is 4.71. The van der Waals surface area contributed by atoms with Crippen molar-refractivity contribution in [3.63, 3.8) is 0 Å². The Kier molecular flexibility index (Phi) is 6.18. The van der Waals surface area contributed by atoms with E-state index >= 15 is 0 Å². The average molecular weight is 523 g/mol. The van der Waals surface area contributed by atoms with E-state index in [1.165, 1.54) is 6.07 Å². The highest BCUT2D eigenvalue weighted by molar-refractivity contribution is 5.93. The first-order valence-electron chi connectivity index (χ1n) is 14.0. The Hall–Kier alpha value is -2.71. The number of nitrogens with one attached hydrogen (secondary N) is 1. The molecule has 4 bridgehead atoms. The number of halogens is 1. The Morgan fingerprint density at radius 1 is 1.13 bits per heavy atom. The third kappa shape index (κ3) is 4.66. The molecular weight excluding hydrogens is 483 g/mol. The largest absolute Gasteiger partial charge is 0.390 e. The minimum atomic E-state index is -1.09. The predicted molar refractivity (Wildman–Crippen MR) is 145 cm³/mol. The second kappa shape index (κ2) is 9.19. The van der Waals surface area contributed by atoms with Gasteiger partial charge in [-0.1, -0.05) is 12.1 Å². The number of aliphatic hydroxyl groups is 2. The molecule has 5 aliphatic rings. The van der Waals surface area contributed by atoms with Gasteiger partial charge in [-0.15, -0.1) is 0 Å². The molecule has 5 fully saturated rings. The van der Waals surface area contributed by atoms with Gasteiger partial charge in [0.1, 0.15) is 17.3 Å². The van der Waals surface area contributed by atoms with E-state index in [0.29, 0.717) is 54.3 Å². The number of amides is 1. The third-order valence-corrected chi connectivity index (χ3v) is 9.42. The van der Waals surface area contributed by atoms with Crippen molar-refractivity contribution in [2.75, 3.05) is 29.4 Å². The molecule has 4 saturated carbocycles. The fourth-order valence-electron chi connectivity index (χ4n) is 7.81. The van der Waals surface area contributed by atoms with Crippen LogP contribution < -0.4 is 15.1 Å². The van der Waals surface area contributed by atoms with Crippen molar-refractivity contribution < 1.29 is 19.4 Å². The molecule has 1 aromatic carbocycles. The van der Waals surface area contributed by atoms with Crippen LogP contribution in [0.5, 0.6) is 0 Å². The van der Waals surface area contributed by atoms with Gasteiger partial charge in [0.2, 0.25) is 0 Å². The Balaban J connectivity index is 1.12. The van der Waals surface area contributed by atoms with Gasteiger partial charge in [-0.25, -0.2) is 9.37 Å². The molecule has 2 aromatic rings. The fraction of sp³-hybridized carbons (Fsp3) is 0.600. The molecule has 3 atom stereocenters.